The maximum atomic E-state index is 13.3. The monoisotopic (exact) mass is 309 g/mol. The molecular formula is C16H20FNO4. The van der Waals surface area contributed by atoms with Gasteiger partial charge in [-0.25, -0.2) is 9.18 Å². The van der Waals surface area contributed by atoms with Crippen LogP contribution in [0.5, 0.6) is 0 Å². The van der Waals surface area contributed by atoms with Crippen LogP contribution in [0.4, 0.5) is 4.39 Å². The Balaban J connectivity index is 1.97. The molecule has 1 aromatic rings. The van der Waals surface area contributed by atoms with E-state index in [4.69, 9.17) is 4.74 Å². The second-order valence-electron chi connectivity index (χ2n) is 5.56. The first-order chi connectivity index (χ1) is 10.5. The van der Waals surface area contributed by atoms with Crippen LogP contribution < -0.4 is 5.32 Å². The van der Waals surface area contributed by atoms with Crippen molar-refractivity contribution < 1.29 is 23.8 Å². The van der Waals surface area contributed by atoms with E-state index in [2.05, 4.69) is 5.32 Å². The first-order valence-corrected chi connectivity index (χ1v) is 7.37. The number of carboxylic acids is 1. The van der Waals surface area contributed by atoms with Crippen molar-refractivity contribution in [2.24, 2.45) is 0 Å². The normalized spacial score (nSPS) is 16.5. The summed E-state index contributed by atoms with van der Waals surface area (Å²) in [5, 5.41) is 11.7. The van der Waals surface area contributed by atoms with Gasteiger partial charge >= 0.3 is 5.97 Å². The highest BCUT2D eigenvalue weighted by molar-refractivity contribution is 5.85. The average Bonchev–Trinajstić information content (AvgIpc) is 2.98. The van der Waals surface area contributed by atoms with Gasteiger partial charge in [-0.15, -0.1) is 0 Å². The number of amides is 1. The molecule has 0 aromatic heterocycles. The Kier molecular flexibility index (Phi) is 5.49. The molecule has 1 aliphatic carbocycles. The zero-order chi connectivity index (χ0) is 16.1. The van der Waals surface area contributed by atoms with Gasteiger partial charge in [0.2, 0.25) is 5.91 Å². The second kappa shape index (κ2) is 7.35. The predicted molar refractivity (Wildman–Crippen MR) is 77.9 cm³/mol. The number of rotatable bonds is 6. The van der Waals surface area contributed by atoms with Crippen molar-refractivity contribution in [2.75, 3.05) is 6.61 Å². The summed E-state index contributed by atoms with van der Waals surface area (Å²) in [4.78, 5) is 23.2. The number of ether oxygens (including phenoxy) is 1. The van der Waals surface area contributed by atoms with Crippen LogP contribution in [0.3, 0.4) is 0 Å². The first kappa shape index (κ1) is 16.4. The Bertz CT molecular complexity index is 555. The molecule has 0 bridgehead atoms. The number of carbonyl (C=O) groups excluding carboxylic acids is 1. The maximum absolute atomic E-state index is 13.3. The molecule has 0 spiro atoms. The minimum Gasteiger partial charge on any atom is -0.479 e. The maximum Gasteiger partial charge on any atom is 0.330 e. The van der Waals surface area contributed by atoms with Crippen LogP contribution in [0.25, 0.3) is 0 Å². The zero-order valence-corrected chi connectivity index (χ0v) is 12.5. The molecule has 0 radical (unpaired) electrons. The summed E-state index contributed by atoms with van der Waals surface area (Å²) in [5.41, 5.74) is 0.667. The van der Waals surface area contributed by atoms with E-state index >= 15 is 0 Å². The van der Waals surface area contributed by atoms with Gasteiger partial charge in [0.15, 0.2) is 6.04 Å². The van der Waals surface area contributed by atoms with E-state index in [1.54, 1.807) is 6.92 Å². The van der Waals surface area contributed by atoms with Crippen LogP contribution in [0.15, 0.2) is 18.2 Å². The fraction of sp³-hybridized carbons (Fsp3) is 0.500. The minimum atomic E-state index is -1.21. The van der Waals surface area contributed by atoms with Crippen molar-refractivity contribution >= 4 is 11.9 Å². The molecule has 0 heterocycles. The van der Waals surface area contributed by atoms with Crippen LogP contribution in [-0.4, -0.2) is 29.7 Å². The number of carbonyl (C=O) groups is 2. The van der Waals surface area contributed by atoms with Crippen molar-refractivity contribution in [3.8, 4) is 0 Å². The van der Waals surface area contributed by atoms with Crippen LogP contribution in [-0.2, 0) is 14.3 Å². The van der Waals surface area contributed by atoms with E-state index in [0.717, 1.165) is 25.7 Å². The number of nitrogens with one attached hydrogen (secondary N) is 1. The van der Waals surface area contributed by atoms with E-state index in [0.29, 0.717) is 11.1 Å². The molecule has 1 saturated carbocycles. The van der Waals surface area contributed by atoms with Gasteiger partial charge in [0.25, 0.3) is 0 Å². The molecule has 120 valence electrons. The van der Waals surface area contributed by atoms with Gasteiger partial charge in [0.1, 0.15) is 12.4 Å². The Morgan fingerprint density at radius 1 is 1.41 bits per heavy atom. The molecule has 2 rings (SSSR count). The Hall–Kier alpha value is -1.95. The molecule has 1 aliphatic rings. The highest BCUT2D eigenvalue weighted by Gasteiger charge is 2.24. The van der Waals surface area contributed by atoms with Crippen molar-refractivity contribution in [1.29, 1.82) is 0 Å². The Labute approximate surface area is 128 Å². The third-order valence-electron chi connectivity index (χ3n) is 3.82. The lowest BCUT2D eigenvalue weighted by Crippen LogP contribution is -2.36. The lowest BCUT2D eigenvalue weighted by molar-refractivity contribution is -0.143. The largest absolute Gasteiger partial charge is 0.479 e. The lowest BCUT2D eigenvalue weighted by atomic mass is 10.0. The molecule has 0 saturated heterocycles. The summed E-state index contributed by atoms with van der Waals surface area (Å²) in [5.74, 6) is -2.09. The van der Waals surface area contributed by atoms with Gasteiger partial charge in [0, 0.05) is 0 Å². The number of aliphatic carboxylic acids is 1. The number of hydrogen-bond donors (Lipinski definition) is 2. The molecule has 6 heteroatoms. The van der Waals surface area contributed by atoms with E-state index in [-0.39, 0.29) is 12.7 Å². The smallest absolute Gasteiger partial charge is 0.330 e. The van der Waals surface area contributed by atoms with E-state index in [1.165, 1.54) is 18.2 Å². The highest BCUT2D eigenvalue weighted by atomic mass is 19.1. The number of benzene rings is 1. The standard InChI is InChI=1S/C16H20FNO4/c1-10-8-11(6-7-13(10)17)15(16(20)21)18-14(19)9-22-12-4-2-3-5-12/h6-8,12,15H,2-5,9H2,1H3,(H,18,19)(H,20,21). The van der Waals surface area contributed by atoms with E-state index in [9.17, 15) is 19.1 Å². The molecule has 22 heavy (non-hydrogen) atoms. The van der Waals surface area contributed by atoms with Crippen molar-refractivity contribution in [1.82, 2.24) is 5.32 Å². The van der Waals surface area contributed by atoms with Crippen LogP contribution in [0.2, 0.25) is 0 Å². The van der Waals surface area contributed by atoms with Gasteiger partial charge in [-0.2, -0.15) is 0 Å². The Morgan fingerprint density at radius 2 is 2.09 bits per heavy atom. The van der Waals surface area contributed by atoms with Crippen LogP contribution in [0, 0.1) is 12.7 Å². The van der Waals surface area contributed by atoms with Gasteiger partial charge in [-0.3, -0.25) is 4.79 Å². The molecular weight excluding hydrogens is 289 g/mol. The summed E-state index contributed by atoms with van der Waals surface area (Å²) in [6.45, 7) is 1.39. The summed E-state index contributed by atoms with van der Waals surface area (Å²) in [6.07, 6.45) is 4.15. The molecule has 5 nitrogen and oxygen atoms in total. The SMILES string of the molecule is Cc1cc(C(NC(=O)COC2CCCC2)C(=O)O)ccc1F. The lowest BCUT2D eigenvalue weighted by Gasteiger charge is -2.17. The minimum absolute atomic E-state index is 0.0853. The average molecular weight is 309 g/mol. The van der Waals surface area contributed by atoms with Gasteiger partial charge in [-0.05, 0) is 37.0 Å². The fourth-order valence-corrected chi connectivity index (χ4v) is 2.59. The number of aryl methyl sites for hydroxylation is 1. The molecule has 1 amide bonds. The highest BCUT2D eigenvalue weighted by Crippen LogP contribution is 2.21. The van der Waals surface area contributed by atoms with E-state index in [1.807, 2.05) is 0 Å². The summed E-state index contributed by atoms with van der Waals surface area (Å²) < 4.78 is 18.7. The number of carboxylic acid groups (broad SMARTS) is 1. The van der Waals surface area contributed by atoms with Gasteiger partial charge in [0.05, 0.1) is 6.10 Å². The molecule has 1 fully saturated rings. The van der Waals surface area contributed by atoms with Crippen molar-refractivity contribution in [3.05, 3.63) is 35.1 Å². The number of halogens is 1. The van der Waals surface area contributed by atoms with Crippen molar-refractivity contribution in [3.63, 3.8) is 0 Å². The van der Waals surface area contributed by atoms with E-state index < -0.39 is 23.7 Å². The van der Waals surface area contributed by atoms with Gasteiger partial charge < -0.3 is 15.2 Å². The zero-order valence-electron chi connectivity index (χ0n) is 12.5. The predicted octanol–water partition coefficient (Wildman–Crippen LogP) is 2.34. The molecule has 1 atom stereocenters. The topological polar surface area (TPSA) is 75.6 Å². The second-order valence-corrected chi connectivity index (χ2v) is 5.56. The molecule has 1 aromatic carbocycles. The summed E-state index contributed by atoms with van der Waals surface area (Å²) in [7, 11) is 0. The fourth-order valence-electron chi connectivity index (χ4n) is 2.59. The van der Waals surface area contributed by atoms with Crippen LogP contribution in [0.1, 0.15) is 42.9 Å². The third kappa shape index (κ3) is 4.27. The summed E-state index contributed by atoms with van der Waals surface area (Å²) in [6, 6.07) is 2.77. The Morgan fingerprint density at radius 3 is 2.68 bits per heavy atom. The quantitative estimate of drug-likeness (QED) is 0.845. The first-order valence-electron chi connectivity index (χ1n) is 7.37. The van der Waals surface area contributed by atoms with Crippen LogP contribution >= 0.6 is 0 Å². The third-order valence-corrected chi connectivity index (χ3v) is 3.82. The van der Waals surface area contributed by atoms with Gasteiger partial charge in [-0.1, -0.05) is 25.0 Å². The molecule has 0 aliphatic heterocycles. The van der Waals surface area contributed by atoms with Crippen molar-refractivity contribution in [2.45, 2.75) is 44.8 Å². The molecule has 1 unspecified atom stereocenters. The number of hydrogen-bond acceptors (Lipinski definition) is 3. The summed E-state index contributed by atoms with van der Waals surface area (Å²) >= 11 is 0. The molecule has 2 N–H and O–H groups in total.